The van der Waals surface area contributed by atoms with Gasteiger partial charge in [-0.2, -0.15) is 4.98 Å². The fourth-order valence-electron chi connectivity index (χ4n) is 2.86. The number of nitrogens with one attached hydrogen (secondary N) is 1. The Bertz CT molecular complexity index is 1020. The predicted octanol–water partition coefficient (Wildman–Crippen LogP) is 4.75. The van der Waals surface area contributed by atoms with E-state index < -0.39 is 0 Å². The van der Waals surface area contributed by atoms with E-state index in [4.69, 9.17) is 13.9 Å². The Balaban J connectivity index is 1.76. The standard InChI is InChI=1S/C20H20N4O2/c1-3-5-18-23-20(24-26-18)16-11-14-10-13(2)7-8-17(14)22-19(16)21-12-15-6-4-9-25-15/h4,6-11H,3,5,12H2,1-2H3,(H,21,22). The molecule has 6 nitrogen and oxygen atoms in total. The molecule has 3 heterocycles. The van der Waals surface area contributed by atoms with Crippen molar-refractivity contribution in [2.24, 2.45) is 0 Å². The first kappa shape index (κ1) is 16.3. The number of hydrogen-bond donors (Lipinski definition) is 1. The Morgan fingerprint density at radius 1 is 1.12 bits per heavy atom. The molecule has 0 bridgehead atoms. The zero-order chi connectivity index (χ0) is 17.9. The lowest BCUT2D eigenvalue weighted by Gasteiger charge is -2.10. The van der Waals surface area contributed by atoms with E-state index in [1.807, 2.05) is 18.2 Å². The fraction of sp³-hybridized carbons (Fsp3) is 0.250. The van der Waals surface area contributed by atoms with Crippen LogP contribution in [0.3, 0.4) is 0 Å². The maximum absolute atomic E-state index is 5.40. The smallest absolute Gasteiger partial charge is 0.226 e. The average Bonchev–Trinajstić information content (AvgIpc) is 3.31. The molecule has 0 fully saturated rings. The van der Waals surface area contributed by atoms with E-state index in [2.05, 4.69) is 47.5 Å². The van der Waals surface area contributed by atoms with Crippen molar-refractivity contribution in [3.05, 3.63) is 59.9 Å². The van der Waals surface area contributed by atoms with Crippen LogP contribution < -0.4 is 5.32 Å². The topological polar surface area (TPSA) is 77.0 Å². The maximum atomic E-state index is 5.40. The van der Waals surface area contributed by atoms with Gasteiger partial charge in [-0.1, -0.05) is 23.7 Å². The molecule has 26 heavy (non-hydrogen) atoms. The molecule has 0 saturated heterocycles. The van der Waals surface area contributed by atoms with Crippen molar-refractivity contribution < 1.29 is 8.94 Å². The summed E-state index contributed by atoms with van der Waals surface area (Å²) in [5, 5.41) is 8.53. The van der Waals surface area contributed by atoms with Gasteiger partial charge in [-0.05, 0) is 43.7 Å². The molecule has 0 amide bonds. The van der Waals surface area contributed by atoms with Gasteiger partial charge in [0.1, 0.15) is 11.6 Å². The van der Waals surface area contributed by atoms with E-state index in [9.17, 15) is 0 Å². The number of furan rings is 1. The number of nitrogens with zero attached hydrogens (tertiary/aromatic N) is 3. The molecule has 0 aliphatic carbocycles. The Labute approximate surface area is 151 Å². The Hall–Kier alpha value is -3.15. The van der Waals surface area contributed by atoms with Crippen LogP contribution >= 0.6 is 0 Å². The Morgan fingerprint density at radius 2 is 2.04 bits per heavy atom. The summed E-state index contributed by atoms with van der Waals surface area (Å²) in [6.45, 7) is 4.68. The van der Waals surface area contributed by atoms with Crippen LogP contribution in [0.15, 0.2) is 51.6 Å². The molecule has 0 aliphatic heterocycles. The molecule has 0 atom stereocenters. The highest BCUT2D eigenvalue weighted by Crippen LogP contribution is 2.29. The second kappa shape index (κ2) is 7.00. The summed E-state index contributed by atoms with van der Waals surface area (Å²) in [7, 11) is 0. The monoisotopic (exact) mass is 348 g/mol. The van der Waals surface area contributed by atoms with Crippen LogP contribution in [0.1, 0.15) is 30.6 Å². The number of aromatic nitrogens is 3. The first-order valence-electron chi connectivity index (χ1n) is 8.73. The highest BCUT2D eigenvalue weighted by molar-refractivity contribution is 5.88. The van der Waals surface area contributed by atoms with Gasteiger partial charge in [0.05, 0.1) is 23.9 Å². The minimum absolute atomic E-state index is 0.532. The summed E-state index contributed by atoms with van der Waals surface area (Å²) < 4.78 is 10.8. The van der Waals surface area contributed by atoms with Gasteiger partial charge < -0.3 is 14.3 Å². The molecule has 0 spiro atoms. The molecular weight excluding hydrogens is 328 g/mol. The predicted molar refractivity (Wildman–Crippen MR) is 99.8 cm³/mol. The molecule has 1 N–H and O–H groups in total. The average molecular weight is 348 g/mol. The van der Waals surface area contributed by atoms with E-state index in [1.54, 1.807) is 6.26 Å². The minimum atomic E-state index is 0.532. The van der Waals surface area contributed by atoms with Gasteiger partial charge in [0, 0.05) is 11.8 Å². The van der Waals surface area contributed by atoms with Crippen LogP contribution in [0, 0.1) is 6.92 Å². The van der Waals surface area contributed by atoms with Crippen LogP contribution in [0.2, 0.25) is 0 Å². The molecular formula is C20H20N4O2. The van der Waals surface area contributed by atoms with Crippen molar-refractivity contribution in [2.75, 3.05) is 5.32 Å². The van der Waals surface area contributed by atoms with E-state index in [0.717, 1.165) is 35.1 Å². The van der Waals surface area contributed by atoms with Gasteiger partial charge >= 0.3 is 0 Å². The number of pyridine rings is 1. The second-order valence-corrected chi connectivity index (χ2v) is 6.28. The lowest BCUT2D eigenvalue weighted by atomic mass is 10.1. The first-order valence-corrected chi connectivity index (χ1v) is 8.73. The van der Waals surface area contributed by atoms with Gasteiger partial charge in [0.2, 0.25) is 11.7 Å². The summed E-state index contributed by atoms with van der Waals surface area (Å²) >= 11 is 0. The van der Waals surface area contributed by atoms with Crippen LogP contribution in [0.4, 0.5) is 5.82 Å². The van der Waals surface area contributed by atoms with Gasteiger partial charge in [-0.25, -0.2) is 4.98 Å². The summed E-state index contributed by atoms with van der Waals surface area (Å²) in [6, 6.07) is 12.0. The van der Waals surface area contributed by atoms with Crippen LogP contribution in [0.5, 0.6) is 0 Å². The van der Waals surface area contributed by atoms with E-state index >= 15 is 0 Å². The second-order valence-electron chi connectivity index (χ2n) is 6.28. The summed E-state index contributed by atoms with van der Waals surface area (Å²) in [5.74, 6) is 2.73. The van der Waals surface area contributed by atoms with E-state index in [0.29, 0.717) is 24.1 Å². The highest BCUT2D eigenvalue weighted by Gasteiger charge is 2.15. The molecule has 0 aliphatic rings. The van der Waals surface area contributed by atoms with Crippen LogP contribution in [-0.2, 0) is 13.0 Å². The molecule has 3 aromatic heterocycles. The van der Waals surface area contributed by atoms with Gasteiger partial charge in [0.25, 0.3) is 0 Å². The number of hydrogen-bond acceptors (Lipinski definition) is 6. The van der Waals surface area contributed by atoms with Crippen LogP contribution in [-0.4, -0.2) is 15.1 Å². The van der Waals surface area contributed by atoms with Crippen molar-refractivity contribution in [1.29, 1.82) is 0 Å². The van der Waals surface area contributed by atoms with Crippen molar-refractivity contribution >= 4 is 16.7 Å². The van der Waals surface area contributed by atoms with E-state index in [1.165, 1.54) is 5.56 Å². The van der Waals surface area contributed by atoms with E-state index in [-0.39, 0.29) is 0 Å². The van der Waals surface area contributed by atoms with Crippen molar-refractivity contribution in [3.8, 4) is 11.4 Å². The number of aryl methyl sites for hydroxylation is 2. The lowest BCUT2D eigenvalue weighted by molar-refractivity contribution is 0.378. The van der Waals surface area contributed by atoms with Gasteiger partial charge in [-0.15, -0.1) is 0 Å². The molecule has 132 valence electrons. The van der Waals surface area contributed by atoms with Crippen LogP contribution in [0.25, 0.3) is 22.3 Å². The van der Waals surface area contributed by atoms with Crippen molar-refractivity contribution in [2.45, 2.75) is 33.2 Å². The molecule has 4 rings (SSSR count). The molecule has 4 aromatic rings. The van der Waals surface area contributed by atoms with Crippen molar-refractivity contribution in [1.82, 2.24) is 15.1 Å². The number of rotatable bonds is 6. The minimum Gasteiger partial charge on any atom is -0.467 e. The largest absolute Gasteiger partial charge is 0.467 e. The zero-order valence-corrected chi connectivity index (χ0v) is 14.8. The fourth-order valence-corrected chi connectivity index (χ4v) is 2.86. The summed E-state index contributed by atoms with van der Waals surface area (Å²) in [5.41, 5.74) is 2.92. The number of benzene rings is 1. The third-order valence-corrected chi connectivity index (χ3v) is 4.15. The number of fused-ring (bicyclic) bond motifs is 1. The van der Waals surface area contributed by atoms with Crippen molar-refractivity contribution in [3.63, 3.8) is 0 Å². The first-order chi connectivity index (χ1) is 12.7. The Morgan fingerprint density at radius 3 is 2.85 bits per heavy atom. The number of anilines is 1. The summed E-state index contributed by atoms with van der Waals surface area (Å²) in [6.07, 6.45) is 3.38. The Kier molecular flexibility index (Phi) is 4.39. The van der Waals surface area contributed by atoms with Gasteiger partial charge in [0.15, 0.2) is 0 Å². The normalized spacial score (nSPS) is 11.2. The van der Waals surface area contributed by atoms with Gasteiger partial charge in [-0.3, -0.25) is 0 Å². The SMILES string of the molecule is CCCc1nc(-c2cc3cc(C)ccc3nc2NCc2ccco2)no1. The lowest BCUT2D eigenvalue weighted by Crippen LogP contribution is -2.03. The highest BCUT2D eigenvalue weighted by atomic mass is 16.5. The molecule has 0 radical (unpaired) electrons. The molecule has 1 aromatic carbocycles. The quantitative estimate of drug-likeness (QED) is 0.542. The maximum Gasteiger partial charge on any atom is 0.226 e. The molecule has 0 unspecified atom stereocenters. The third kappa shape index (κ3) is 3.31. The zero-order valence-electron chi connectivity index (χ0n) is 14.8. The molecule has 6 heteroatoms. The molecule has 0 saturated carbocycles. The third-order valence-electron chi connectivity index (χ3n) is 4.15. The summed E-state index contributed by atoms with van der Waals surface area (Å²) in [4.78, 5) is 9.30.